The van der Waals surface area contributed by atoms with Crippen LogP contribution in [0.5, 0.6) is 0 Å². The fourth-order valence-electron chi connectivity index (χ4n) is 2.07. The maximum atomic E-state index is 12.2. The lowest BCUT2D eigenvalue weighted by molar-refractivity contribution is 0.0791. The molecule has 1 aromatic heterocycles. The van der Waals surface area contributed by atoms with E-state index >= 15 is 0 Å². The molecule has 0 spiro atoms. The lowest BCUT2D eigenvalue weighted by Gasteiger charge is -2.14. The van der Waals surface area contributed by atoms with Crippen LogP contribution in [0.15, 0.2) is 9.85 Å². The van der Waals surface area contributed by atoms with Gasteiger partial charge in [-0.05, 0) is 46.8 Å². The summed E-state index contributed by atoms with van der Waals surface area (Å²) in [5.41, 5.74) is 1.15. The maximum absolute atomic E-state index is 12.2. The van der Waals surface area contributed by atoms with Gasteiger partial charge in [-0.3, -0.25) is 4.79 Å². The first-order valence-corrected chi connectivity index (χ1v) is 7.28. The molecule has 4 heteroatoms. The number of likely N-dealkylation sites (tertiary alicyclic amines) is 1. The Labute approximate surface area is 109 Å². The van der Waals surface area contributed by atoms with Crippen LogP contribution in [0.3, 0.4) is 0 Å². The van der Waals surface area contributed by atoms with Crippen molar-refractivity contribution < 1.29 is 4.79 Å². The molecule has 1 saturated heterocycles. The third kappa shape index (κ3) is 2.33. The quantitative estimate of drug-likeness (QED) is 0.816. The molecule has 1 aliphatic heterocycles. The minimum atomic E-state index is 0.203. The Hall–Kier alpha value is -0.350. The molecule has 1 unspecified atom stereocenters. The van der Waals surface area contributed by atoms with Crippen LogP contribution < -0.4 is 0 Å². The van der Waals surface area contributed by atoms with E-state index in [0.29, 0.717) is 5.92 Å². The summed E-state index contributed by atoms with van der Waals surface area (Å²) in [6.45, 7) is 6.08. The van der Waals surface area contributed by atoms with Gasteiger partial charge < -0.3 is 4.90 Å². The summed E-state index contributed by atoms with van der Waals surface area (Å²) in [5, 5.41) is 0. The zero-order chi connectivity index (χ0) is 11.7. The second-order valence-corrected chi connectivity index (χ2v) is 6.75. The second kappa shape index (κ2) is 4.88. The predicted octanol–water partition coefficient (Wildman–Crippen LogP) is 3.69. The van der Waals surface area contributed by atoms with Crippen LogP contribution in [0.25, 0.3) is 0 Å². The van der Waals surface area contributed by atoms with E-state index < -0.39 is 0 Å². The highest BCUT2D eigenvalue weighted by Gasteiger charge is 2.26. The SMILES string of the molecule is CCC1CCN(C(=O)c2cc(C)c(Br)s2)C1. The van der Waals surface area contributed by atoms with Crippen molar-refractivity contribution in [2.24, 2.45) is 5.92 Å². The van der Waals surface area contributed by atoms with Crippen molar-refractivity contribution in [1.29, 1.82) is 0 Å². The molecule has 0 radical (unpaired) electrons. The maximum Gasteiger partial charge on any atom is 0.263 e. The topological polar surface area (TPSA) is 20.3 Å². The minimum Gasteiger partial charge on any atom is -0.338 e. The summed E-state index contributed by atoms with van der Waals surface area (Å²) in [6.07, 6.45) is 2.34. The van der Waals surface area contributed by atoms with Crippen molar-refractivity contribution in [2.45, 2.75) is 26.7 Å². The summed E-state index contributed by atoms with van der Waals surface area (Å²) in [7, 11) is 0. The molecule has 1 aliphatic rings. The molecule has 1 atom stereocenters. The molecule has 1 aromatic rings. The van der Waals surface area contributed by atoms with E-state index in [2.05, 4.69) is 22.9 Å². The number of rotatable bonds is 2. The highest BCUT2D eigenvalue weighted by molar-refractivity contribution is 9.11. The molecule has 0 bridgehead atoms. The molecular formula is C12H16BrNOS. The number of carbonyl (C=O) groups is 1. The van der Waals surface area contributed by atoms with Gasteiger partial charge in [0.25, 0.3) is 5.91 Å². The molecule has 2 rings (SSSR count). The molecule has 2 nitrogen and oxygen atoms in total. The summed E-state index contributed by atoms with van der Waals surface area (Å²) < 4.78 is 1.07. The number of nitrogens with zero attached hydrogens (tertiary/aromatic N) is 1. The molecule has 2 heterocycles. The highest BCUT2D eigenvalue weighted by atomic mass is 79.9. The van der Waals surface area contributed by atoms with E-state index in [1.165, 1.54) is 6.42 Å². The number of carbonyl (C=O) groups excluding carboxylic acids is 1. The zero-order valence-electron chi connectivity index (χ0n) is 9.62. The van der Waals surface area contributed by atoms with Crippen LogP contribution in [-0.4, -0.2) is 23.9 Å². The van der Waals surface area contributed by atoms with Gasteiger partial charge in [0.05, 0.1) is 8.66 Å². The number of thiophene rings is 1. The molecule has 0 aromatic carbocycles. The normalized spacial score (nSPS) is 20.4. The standard InChI is InChI=1S/C12H16BrNOS/c1-3-9-4-5-14(7-9)12(15)10-6-8(2)11(13)16-10/h6,9H,3-5,7H2,1-2H3. The molecule has 1 amide bonds. The highest BCUT2D eigenvalue weighted by Crippen LogP contribution is 2.29. The lowest BCUT2D eigenvalue weighted by atomic mass is 10.1. The monoisotopic (exact) mass is 301 g/mol. The van der Waals surface area contributed by atoms with Crippen molar-refractivity contribution in [2.75, 3.05) is 13.1 Å². The second-order valence-electron chi connectivity index (χ2n) is 4.38. The Morgan fingerprint density at radius 2 is 2.44 bits per heavy atom. The molecule has 0 aliphatic carbocycles. The number of halogens is 1. The first-order chi connectivity index (χ1) is 7.61. The molecule has 16 heavy (non-hydrogen) atoms. The third-order valence-electron chi connectivity index (χ3n) is 3.22. The number of hydrogen-bond acceptors (Lipinski definition) is 2. The lowest BCUT2D eigenvalue weighted by Crippen LogP contribution is -2.27. The van der Waals surface area contributed by atoms with Crippen LogP contribution >= 0.6 is 27.3 Å². The van der Waals surface area contributed by atoms with E-state index in [4.69, 9.17) is 0 Å². The van der Waals surface area contributed by atoms with Crippen molar-refractivity contribution in [3.05, 3.63) is 20.3 Å². The van der Waals surface area contributed by atoms with Gasteiger partial charge in [-0.15, -0.1) is 11.3 Å². The Morgan fingerprint density at radius 3 is 2.94 bits per heavy atom. The van der Waals surface area contributed by atoms with E-state index in [1.54, 1.807) is 11.3 Å². The largest absolute Gasteiger partial charge is 0.338 e. The fourth-order valence-corrected chi connectivity index (χ4v) is 3.57. The van der Waals surface area contributed by atoms with E-state index in [0.717, 1.165) is 33.7 Å². The van der Waals surface area contributed by atoms with Gasteiger partial charge in [0, 0.05) is 13.1 Å². The molecule has 0 N–H and O–H groups in total. The van der Waals surface area contributed by atoms with Crippen molar-refractivity contribution in [1.82, 2.24) is 4.90 Å². The first-order valence-electron chi connectivity index (χ1n) is 5.67. The van der Waals surface area contributed by atoms with Gasteiger partial charge in [-0.25, -0.2) is 0 Å². The van der Waals surface area contributed by atoms with Crippen molar-refractivity contribution in [3.63, 3.8) is 0 Å². The Morgan fingerprint density at radius 1 is 1.69 bits per heavy atom. The third-order valence-corrected chi connectivity index (χ3v) is 5.34. The summed E-state index contributed by atoms with van der Waals surface area (Å²) in [5.74, 6) is 0.906. The Balaban J connectivity index is 2.08. The molecule has 88 valence electrons. The summed E-state index contributed by atoms with van der Waals surface area (Å²) >= 11 is 5.01. The number of aryl methyl sites for hydroxylation is 1. The Kier molecular flexibility index (Phi) is 3.70. The summed E-state index contributed by atoms with van der Waals surface area (Å²) in [4.78, 5) is 15.0. The Bertz CT molecular complexity index is 382. The van der Waals surface area contributed by atoms with E-state index in [9.17, 15) is 4.79 Å². The van der Waals surface area contributed by atoms with Crippen molar-refractivity contribution >= 4 is 33.2 Å². The van der Waals surface area contributed by atoms with Gasteiger partial charge in [0.1, 0.15) is 0 Å². The van der Waals surface area contributed by atoms with Crippen LogP contribution in [0, 0.1) is 12.8 Å². The average molecular weight is 302 g/mol. The first kappa shape index (κ1) is 12.1. The molecule has 0 saturated carbocycles. The fraction of sp³-hybridized carbons (Fsp3) is 0.583. The minimum absolute atomic E-state index is 0.203. The van der Waals surface area contributed by atoms with Crippen molar-refractivity contribution in [3.8, 4) is 0 Å². The van der Waals surface area contributed by atoms with Gasteiger partial charge in [-0.2, -0.15) is 0 Å². The van der Waals surface area contributed by atoms with Crippen LogP contribution in [0.4, 0.5) is 0 Å². The smallest absolute Gasteiger partial charge is 0.263 e. The summed E-state index contributed by atoms with van der Waals surface area (Å²) in [6, 6.07) is 1.98. The van der Waals surface area contributed by atoms with Crippen LogP contribution in [0.1, 0.15) is 35.0 Å². The van der Waals surface area contributed by atoms with Crippen LogP contribution in [0.2, 0.25) is 0 Å². The van der Waals surface area contributed by atoms with Gasteiger partial charge >= 0.3 is 0 Å². The number of amides is 1. The molecule has 1 fully saturated rings. The number of hydrogen-bond donors (Lipinski definition) is 0. The molecular weight excluding hydrogens is 286 g/mol. The predicted molar refractivity (Wildman–Crippen MR) is 71.1 cm³/mol. The average Bonchev–Trinajstić information content (AvgIpc) is 2.86. The van der Waals surface area contributed by atoms with Gasteiger partial charge in [0.15, 0.2) is 0 Å². The zero-order valence-corrected chi connectivity index (χ0v) is 12.0. The van der Waals surface area contributed by atoms with E-state index in [-0.39, 0.29) is 5.91 Å². The van der Waals surface area contributed by atoms with Gasteiger partial charge in [0.2, 0.25) is 0 Å². The van der Waals surface area contributed by atoms with Gasteiger partial charge in [-0.1, -0.05) is 13.3 Å². The van der Waals surface area contributed by atoms with E-state index in [1.807, 2.05) is 17.9 Å². The van der Waals surface area contributed by atoms with Crippen LogP contribution in [-0.2, 0) is 0 Å².